The van der Waals surface area contributed by atoms with Crippen LogP contribution in [0.2, 0.25) is 0 Å². The molecule has 0 bridgehead atoms. The molecule has 0 fully saturated rings. The van der Waals surface area contributed by atoms with Gasteiger partial charge in [-0.05, 0) is 72.6 Å². The molecule has 1 heteroatoms. The van der Waals surface area contributed by atoms with E-state index in [1.165, 1.54) is 77.0 Å². The SMILES string of the molecule is CC1(C)c2ccccc2-c2oc3cc(-c4c5ccccc5c(-c5cccc(-c6ccccc6)c5)c5ccccc45)ccc3c21. The van der Waals surface area contributed by atoms with Crippen molar-refractivity contribution in [2.24, 2.45) is 0 Å². The molecule has 1 aliphatic rings. The van der Waals surface area contributed by atoms with Crippen molar-refractivity contribution in [3.8, 4) is 44.7 Å². The number of furan rings is 1. The van der Waals surface area contributed by atoms with Crippen LogP contribution >= 0.6 is 0 Å². The molecule has 208 valence electrons. The molecular weight excluding hydrogens is 532 g/mol. The topological polar surface area (TPSA) is 13.1 Å². The quantitative estimate of drug-likeness (QED) is 0.195. The van der Waals surface area contributed by atoms with E-state index < -0.39 is 0 Å². The Morgan fingerprint density at radius 1 is 0.432 bits per heavy atom. The highest BCUT2D eigenvalue weighted by atomic mass is 16.3. The predicted octanol–water partition coefficient (Wildman–Crippen LogP) is 12.0. The average molecular weight is 563 g/mol. The first-order chi connectivity index (χ1) is 21.6. The molecule has 0 amide bonds. The van der Waals surface area contributed by atoms with Gasteiger partial charge in [-0.3, -0.25) is 0 Å². The lowest BCUT2D eigenvalue weighted by atomic mass is 9.81. The summed E-state index contributed by atoms with van der Waals surface area (Å²) in [6.07, 6.45) is 0. The molecule has 8 aromatic rings. The molecule has 9 rings (SSSR count). The van der Waals surface area contributed by atoms with Gasteiger partial charge in [-0.1, -0.05) is 147 Å². The van der Waals surface area contributed by atoms with Crippen LogP contribution in [0.25, 0.3) is 77.2 Å². The summed E-state index contributed by atoms with van der Waals surface area (Å²) < 4.78 is 6.71. The van der Waals surface area contributed by atoms with Crippen molar-refractivity contribution in [1.29, 1.82) is 0 Å². The molecule has 1 aliphatic carbocycles. The maximum absolute atomic E-state index is 6.71. The van der Waals surface area contributed by atoms with Gasteiger partial charge in [-0.15, -0.1) is 0 Å². The van der Waals surface area contributed by atoms with Crippen molar-refractivity contribution in [2.45, 2.75) is 19.3 Å². The minimum atomic E-state index is -0.103. The van der Waals surface area contributed by atoms with E-state index in [0.717, 1.165) is 11.3 Å². The zero-order valence-corrected chi connectivity index (χ0v) is 24.8. The Kier molecular flexibility index (Phi) is 5.31. The maximum Gasteiger partial charge on any atom is 0.139 e. The van der Waals surface area contributed by atoms with Crippen LogP contribution in [-0.2, 0) is 5.41 Å². The maximum atomic E-state index is 6.71. The molecule has 0 spiro atoms. The van der Waals surface area contributed by atoms with Crippen molar-refractivity contribution in [1.82, 2.24) is 0 Å². The van der Waals surface area contributed by atoms with Crippen LogP contribution in [0, 0.1) is 0 Å². The molecule has 0 saturated heterocycles. The summed E-state index contributed by atoms with van der Waals surface area (Å²) >= 11 is 0. The summed E-state index contributed by atoms with van der Waals surface area (Å²) in [5, 5.41) is 6.20. The molecule has 1 aromatic heterocycles. The number of hydrogen-bond donors (Lipinski definition) is 0. The van der Waals surface area contributed by atoms with Gasteiger partial charge in [0.15, 0.2) is 0 Å². The minimum absolute atomic E-state index is 0.103. The molecule has 1 nitrogen and oxygen atoms in total. The van der Waals surface area contributed by atoms with Crippen LogP contribution in [-0.4, -0.2) is 0 Å². The third-order valence-corrected chi connectivity index (χ3v) is 9.64. The Balaban J connectivity index is 1.29. The van der Waals surface area contributed by atoms with E-state index in [1.807, 2.05) is 0 Å². The van der Waals surface area contributed by atoms with Gasteiger partial charge in [0.1, 0.15) is 11.3 Å². The van der Waals surface area contributed by atoms with Crippen molar-refractivity contribution >= 4 is 32.5 Å². The van der Waals surface area contributed by atoms with E-state index >= 15 is 0 Å². The Bertz CT molecular complexity index is 2350. The predicted molar refractivity (Wildman–Crippen MR) is 185 cm³/mol. The number of rotatable bonds is 3. The smallest absolute Gasteiger partial charge is 0.139 e. The highest BCUT2D eigenvalue weighted by Gasteiger charge is 2.40. The summed E-state index contributed by atoms with van der Waals surface area (Å²) in [6, 6.07) is 52.8. The normalized spacial score (nSPS) is 13.4. The van der Waals surface area contributed by atoms with Gasteiger partial charge in [-0.2, -0.15) is 0 Å². The average Bonchev–Trinajstić information content (AvgIpc) is 3.57. The Labute approximate surface area is 257 Å². The van der Waals surface area contributed by atoms with Crippen LogP contribution in [0.15, 0.2) is 150 Å². The molecule has 0 unspecified atom stereocenters. The number of fused-ring (bicyclic) bond motifs is 7. The molecule has 44 heavy (non-hydrogen) atoms. The van der Waals surface area contributed by atoms with Gasteiger partial charge < -0.3 is 4.42 Å². The van der Waals surface area contributed by atoms with Gasteiger partial charge in [-0.25, -0.2) is 0 Å². The highest BCUT2D eigenvalue weighted by Crippen LogP contribution is 2.53. The lowest BCUT2D eigenvalue weighted by Crippen LogP contribution is -2.14. The van der Waals surface area contributed by atoms with Crippen LogP contribution in [0.4, 0.5) is 0 Å². The fraction of sp³-hybridized carbons (Fsp3) is 0.0698. The standard InChI is InChI=1S/C43H30O/c1-43(2)37-22-11-10-21-35(37)42-41(43)36-24-23-30(26-38(36)44-42)40-33-19-8-6-17-31(33)39(32-18-7-9-20-34(32)40)29-16-12-15-28(25-29)27-13-4-3-5-14-27/h3-26H,1-2H3. The third kappa shape index (κ3) is 3.53. The van der Waals surface area contributed by atoms with Gasteiger partial charge in [0.2, 0.25) is 0 Å². The van der Waals surface area contributed by atoms with Crippen LogP contribution < -0.4 is 0 Å². The molecule has 0 atom stereocenters. The second kappa shape index (κ2) is 9.30. The molecule has 0 radical (unpaired) electrons. The number of benzene rings is 7. The molecular formula is C43H30O. The summed E-state index contributed by atoms with van der Waals surface area (Å²) in [4.78, 5) is 0. The highest BCUT2D eigenvalue weighted by molar-refractivity contribution is 6.21. The fourth-order valence-electron chi connectivity index (χ4n) is 7.66. The lowest BCUT2D eigenvalue weighted by Gasteiger charge is -2.21. The molecule has 0 saturated carbocycles. The van der Waals surface area contributed by atoms with Gasteiger partial charge in [0.05, 0.1) is 0 Å². The zero-order chi connectivity index (χ0) is 29.4. The Morgan fingerprint density at radius 3 is 1.66 bits per heavy atom. The van der Waals surface area contributed by atoms with Crippen molar-refractivity contribution < 1.29 is 4.42 Å². The first kappa shape index (κ1) is 25.1. The van der Waals surface area contributed by atoms with Gasteiger partial charge in [0.25, 0.3) is 0 Å². The zero-order valence-electron chi connectivity index (χ0n) is 24.8. The van der Waals surface area contributed by atoms with E-state index in [4.69, 9.17) is 4.42 Å². The fourth-order valence-corrected chi connectivity index (χ4v) is 7.66. The summed E-state index contributed by atoms with van der Waals surface area (Å²) in [5.74, 6) is 1.01. The van der Waals surface area contributed by atoms with Gasteiger partial charge in [0, 0.05) is 21.9 Å². The van der Waals surface area contributed by atoms with Crippen molar-refractivity contribution in [3.05, 3.63) is 157 Å². The summed E-state index contributed by atoms with van der Waals surface area (Å²) in [6.45, 7) is 4.63. The van der Waals surface area contributed by atoms with E-state index in [-0.39, 0.29) is 5.41 Å². The Hall–Kier alpha value is -5.40. The van der Waals surface area contributed by atoms with E-state index in [0.29, 0.717) is 0 Å². The van der Waals surface area contributed by atoms with Crippen LogP contribution in [0.5, 0.6) is 0 Å². The van der Waals surface area contributed by atoms with Crippen molar-refractivity contribution in [3.63, 3.8) is 0 Å². The molecule has 1 heterocycles. The van der Waals surface area contributed by atoms with E-state index in [2.05, 4.69) is 159 Å². The second-order valence-electron chi connectivity index (χ2n) is 12.5. The molecule has 0 aliphatic heterocycles. The van der Waals surface area contributed by atoms with Crippen molar-refractivity contribution in [2.75, 3.05) is 0 Å². The first-order valence-electron chi connectivity index (χ1n) is 15.4. The molecule has 7 aromatic carbocycles. The number of hydrogen-bond acceptors (Lipinski definition) is 1. The lowest BCUT2D eigenvalue weighted by molar-refractivity contribution is 0.619. The Morgan fingerprint density at radius 2 is 0.977 bits per heavy atom. The first-order valence-corrected chi connectivity index (χ1v) is 15.4. The minimum Gasteiger partial charge on any atom is -0.456 e. The van der Waals surface area contributed by atoms with E-state index in [9.17, 15) is 0 Å². The second-order valence-corrected chi connectivity index (χ2v) is 12.5. The third-order valence-electron chi connectivity index (χ3n) is 9.64. The van der Waals surface area contributed by atoms with E-state index in [1.54, 1.807) is 0 Å². The summed E-state index contributed by atoms with van der Waals surface area (Å²) in [7, 11) is 0. The van der Waals surface area contributed by atoms with Crippen LogP contribution in [0.3, 0.4) is 0 Å². The summed E-state index contributed by atoms with van der Waals surface area (Å²) in [5.41, 5.74) is 12.1. The van der Waals surface area contributed by atoms with Crippen LogP contribution in [0.1, 0.15) is 25.0 Å². The van der Waals surface area contributed by atoms with Gasteiger partial charge >= 0.3 is 0 Å². The largest absolute Gasteiger partial charge is 0.456 e. The monoisotopic (exact) mass is 562 g/mol. The molecule has 0 N–H and O–H groups in total.